The molecule has 0 bridgehead atoms. The maximum Gasteiger partial charge on any atom is 0.253 e. The van der Waals surface area contributed by atoms with Crippen LogP contribution in [0.5, 0.6) is 11.5 Å². The number of ether oxygens (including phenoxy) is 2. The Morgan fingerprint density at radius 2 is 1.91 bits per heavy atom. The number of rotatable bonds is 6. The first-order chi connectivity index (χ1) is 16.1. The Hall–Kier alpha value is -3.10. The molecule has 7 nitrogen and oxygen atoms in total. The molecular formula is C24H21ClN4O3S. The molecule has 0 aliphatic heterocycles. The monoisotopic (exact) mass is 480 g/mol. The zero-order valence-electron chi connectivity index (χ0n) is 18.1. The van der Waals surface area contributed by atoms with Crippen molar-refractivity contribution in [1.82, 2.24) is 19.6 Å². The van der Waals surface area contributed by atoms with Gasteiger partial charge in [-0.15, -0.1) is 5.10 Å². The molecule has 0 saturated heterocycles. The summed E-state index contributed by atoms with van der Waals surface area (Å²) in [4.78, 5) is 22.2. The van der Waals surface area contributed by atoms with Crippen LogP contribution >= 0.6 is 23.4 Å². The van der Waals surface area contributed by atoms with Crippen LogP contribution in [0.4, 0.5) is 0 Å². The highest BCUT2D eigenvalue weighted by molar-refractivity contribution is 7.98. The summed E-state index contributed by atoms with van der Waals surface area (Å²) in [5, 5.41) is 5.81. The molecule has 1 aliphatic rings. The van der Waals surface area contributed by atoms with Gasteiger partial charge in [0.05, 0.1) is 25.5 Å². The van der Waals surface area contributed by atoms with E-state index in [0.717, 1.165) is 16.8 Å². The average molecular weight is 481 g/mol. The van der Waals surface area contributed by atoms with Crippen molar-refractivity contribution in [2.45, 2.75) is 29.7 Å². The van der Waals surface area contributed by atoms with Crippen molar-refractivity contribution in [3.63, 3.8) is 0 Å². The Kier molecular flexibility index (Phi) is 5.95. The van der Waals surface area contributed by atoms with Gasteiger partial charge in [0.1, 0.15) is 0 Å². The molecule has 1 atom stereocenters. The van der Waals surface area contributed by atoms with Crippen molar-refractivity contribution in [2.75, 3.05) is 14.2 Å². The zero-order valence-corrected chi connectivity index (χ0v) is 19.7. The van der Waals surface area contributed by atoms with Gasteiger partial charge in [-0.1, -0.05) is 47.6 Å². The molecule has 4 aromatic rings. The highest BCUT2D eigenvalue weighted by Crippen LogP contribution is 2.36. The van der Waals surface area contributed by atoms with Gasteiger partial charge in [-0.2, -0.15) is 4.98 Å². The number of aromatic nitrogens is 4. The third kappa shape index (κ3) is 4.28. The van der Waals surface area contributed by atoms with Gasteiger partial charge in [0, 0.05) is 23.4 Å². The fraction of sp³-hybridized carbons (Fsp3) is 0.250. The molecule has 2 heterocycles. The maximum atomic E-state index is 13.0. The topological polar surface area (TPSA) is 78.6 Å². The number of benzene rings is 2. The van der Waals surface area contributed by atoms with E-state index in [1.807, 2.05) is 42.5 Å². The van der Waals surface area contributed by atoms with Gasteiger partial charge in [-0.3, -0.25) is 4.79 Å². The molecule has 0 saturated carbocycles. The number of fused-ring (bicyclic) bond motifs is 2. The number of hydrogen-bond acceptors (Lipinski definition) is 7. The number of Topliss-reactive ketones (excluding diaryl/α,β-unsaturated/α-hetero) is 1. The maximum absolute atomic E-state index is 13.0. The number of hydrogen-bond donors (Lipinski definition) is 0. The number of thioether (sulfide) groups is 1. The summed E-state index contributed by atoms with van der Waals surface area (Å²) in [6.07, 6.45) is 2.79. The summed E-state index contributed by atoms with van der Waals surface area (Å²) in [5.74, 6) is 2.50. The molecule has 33 heavy (non-hydrogen) atoms. The largest absolute Gasteiger partial charge is 0.493 e. The second-order valence-electron chi connectivity index (χ2n) is 7.76. The van der Waals surface area contributed by atoms with E-state index in [4.69, 9.17) is 21.1 Å². The van der Waals surface area contributed by atoms with Gasteiger partial charge in [0.15, 0.2) is 17.3 Å². The van der Waals surface area contributed by atoms with E-state index < -0.39 is 0 Å². The molecule has 2 aromatic carbocycles. The van der Waals surface area contributed by atoms with Crippen molar-refractivity contribution in [3.05, 3.63) is 76.1 Å². The standard InChI is InChI=1S/C24H21ClN4O3S/c1-31-21-8-7-14(11-22(21)32-2)16-9-19-17(20(30)10-16)12-29-23(26-19)27-24(28-29)33-13-15-5-3-4-6-18(15)25/h3-8,11-12,16H,9-10,13H2,1-2H3/t16-/m1/s1. The third-order valence-corrected chi connectivity index (χ3v) is 7.01. The van der Waals surface area contributed by atoms with Crippen LogP contribution in [-0.2, 0) is 12.2 Å². The Morgan fingerprint density at radius 1 is 1.09 bits per heavy atom. The third-order valence-electron chi connectivity index (χ3n) is 5.76. The van der Waals surface area contributed by atoms with E-state index in [-0.39, 0.29) is 11.7 Å². The summed E-state index contributed by atoms with van der Waals surface area (Å²) in [6, 6.07) is 13.5. The Morgan fingerprint density at radius 3 is 2.70 bits per heavy atom. The number of carbonyl (C=O) groups excluding carboxylic acids is 1. The van der Waals surface area contributed by atoms with Crippen LogP contribution in [0.25, 0.3) is 5.78 Å². The van der Waals surface area contributed by atoms with E-state index >= 15 is 0 Å². The average Bonchev–Trinajstić information content (AvgIpc) is 3.23. The van der Waals surface area contributed by atoms with Gasteiger partial charge in [-0.25, -0.2) is 9.50 Å². The first-order valence-corrected chi connectivity index (χ1v) is 11.8. The smallest absolute Gasteiger partial charge is 0.253 e. The first-order valence-electron chi connectivity index (χ1n) is 10.4. The lowest BCUT2D eigenvalue weighted by atomic mass is 9.82. The second-order valence-corrected chi connectivity index (χ2v) is 9.11. The van der Waals surface area contributed by atoms with Crippen LogP contribution in [0, 0.1) is 0 Å². The van der Waals surface area contributed by atoms with Gasteiger partial charge < -0.3 is 9.47 Å². The first kappa shape index (κ1) is 21.7. The van der Waals surface area contributed by atoms with Crippen LogP contribution < -0.4 is 9.47 Å². The van der Waals surface area contributed by atoms with Gasteiger partial charge >= 0.3 is 0 Å². The minimum absolute atomic E-state index is 0.0109. The van der Waals surface area contributed by atoms with E-state index in [2.05, 4.69) is 15.1 Å². The fourth-order valence-electron chi connectivity index (χ4n) is 4.03. The number of halogens is 1. The summed E-state index contributed by atoms with van der Waals surface area (Å²) in [7, 11) is 3.21. The SMILES string of the molecule is COc1ccc([C@H]2CC(=O)c3cn4nc(SCc5ccccc5Cl)nc4nc3C2)cc1OC. The zero-order chi connectivity index (χ0) is 22.9. The van der Waals surface area contributed by atoms with Crippen molar-refractivity contribution >= 4 is 34.9 Å². The van der Waals surface area contributed by atoms with E-state index in [0.29, 0.717) is 51.6 Å². The highest BCUT2D eigenvalue weighted by Gasteiger charge is 2.29. The highest BCUT2D eigenvalue weighted by atomic mass is 35.5. The van der Waals surface area contributed by atoms with E-state index in [9.17, 15) is 4.79 Å². The molecule has 0 spiro atoms. The van der Waals surface area contributed by atoms with Gasteiger partial charge in [0.2, 0.25) is 5.16 Å². The summed E-state index contributed by atoms with van der Waals surface area (Å²) in [6.45, 7) is 0. The Bertz CT molecular complexity index is 1360. The fourth-order valence-corrected chi connectivity index (χ4v) is 5.14. The van der Waals surface area contributed by atoms with Crippen molar-refractivity contribution in [2.24, 2.45) is 0 Å². The van der Waals surface area contributed by atoms with Crippen LogP contribution in [0.15, 0.2) is 53.8 Å². The second kappa shape index (κ2) is 9.03. The van der Waals surface area contributed by atoms with Crippen LogP contribution in [0.2, 0.25) is 5.02 Å². The molecule has 2 aromatic heterocycles. The molecule has 1 aliphatic carbocycles. The predicted octanol–water partition coefficient (Wildman–Crippen LogP) is 5.00. The summed E-state index contributed by atoms with van der Waals surface area (Å²) in [5.41, 5.74) is 3.38. The Balaban J connectivity index is 1.40. The number of nitrogens with zero attached hydrogens (tertiary/aromatic N) is 4. The van der Waals surface area contributed by atoms with Crippen molar-refractivity contribution < 1.29 is 14.3 Å². The lowest BCUT2D eigenvalue weighted by molar-refractivity contribution is 0.0962. The van der Waals surface area contributed by atoms with E-state index in [1.165, 1.54) is 11.8 Å². The van der Waals surface area contributed by atoms with Gasteiger partial charge in [0.25, 0.3) is 5.78 Å². The number of ketones is 1. The molecule has 0 unspecified atom stereocenters. The number of methoxy groups -OCH3 is 2. The molecule has 168 valence electrons. The van der Waals surface area contributed by atoms with Gasteiger partial charge in [-0.05, 0) is 41.7 Å². The van der Waals surface area contributed by atoms with Crippen LogP contribution in [0.3, 0.4) is 0 Å². The summed E-state index contributed by atoms with van der Waals surface area (Å²) >= 11 is 7.73. The van der Waals surface area contributed by atoms with Crippen molar-refractivity contribution in [3.8, 4) is 11.5 Å². The van der Waals surface area contributed by atoms with Crippen LogP contribution in [0.1, 0.15) is 39.5 Å². The molecular weight excluding hydrogens is 460 g/mol. The lowest BCUT2D eigenvalue weighted by Crippen LogP contribution is -2.21. The molecule has 9 heteroatoms. The Labute approximate surface area is 200 Å². The number of carbonyl (C=O) groups is 1. The van der Waals surface area contributed by atoms with Crippen molar-refractivity contribution in [1.29, 1.82) is 0 Å². The molecule has 5 rings (SSSR count). The quantitative estimate of drug-likeness (QED) is 0.359. The van der Waals surface area contributed by atoms with Crippen LogP contribution in [-0.4, -0.2) is 39.6 Å². The lowest BCUT2D eigenvalue weighted by Gasteiger charge is -2.23. The summed E-state index contributed by atoms with van der Waals surface area (Å²) < 4.78 is 12.3. The molecule has 0 amide bonds. The van der Waals surface area contributed by atoms with E-state index in [1.54, 1.807) is 24.9 Å². The molecule has 0 fully saturated rings. The molecule has 0 N–H and O–H groups in total. The minimum Gasteiger partial charge on any atom is -0.493 e. The normalized spacial score (nSPS) is 15.5. The molecule has 0 radical (unpaired) electrons. The minimum atomic E-state index is 0.0109. The predicted molar refractivity (Wildman–Crippen MR) is 127 cm³/mol.